The Morgan fingerprint density at radius 3 is 2.44 bits per heavy atom. The van der Waals surface area contributed by atoms with Gasteiger partial charge in [0.15, 0.2) is 0 Å². The van der Waals surface area contributed by atoms with Crippen LogP contribution < -0.4 is 5.32 Å². The number of anilines is 1. The minimum absolute atomic E-state index is 0.0156. The molecule has 2 aliphatic carbocycles. The van der Waals surface area contributed by atoms with Gasteiger partial charge >= 0.3 is 0 Å². The van der Waals surface area contributed by atoms with Crippen LogP contribution in [0.5, 0.6) is 0 Å². The lowest BCUT2D eigenvalue weighted by Gasteiger charge is -2.18. The Bertz CT molecular complexity index is 474. The number of halogens is 1. The smallest absolute Gasteiger partial charge is 0.288 e. The lowest BCUT2D eigenvalue weighted by molar-refractivity contribution is -0.385. The fourth-order valence-corrected chi connectivity index (χ4v) is 2.77. The summed E-state index contributed by atoms with van der Waals surface area (Å²) in [5.74, 6) is 2.26. The SMILES string of the molecule is O=[N+]([O-])c1cnc(NC(C2CC2)C2CC2)c(Br)c1. The van der Waals surface area contributed by atoms with E-state index in [1.807, 2.05) is 0 Å². The van der Waals surface area contributed by atoms with E-state index in [2.05, 4.69) is 26.2 Å². The summed E-state index contributed by atoms with van der Waals surface area (Å²) in [6.45, 7) is 0. The molecule has 2 saturated carbocycles. The van der Waals surface area contributed by atoms with Crippen LogP contribution in [0.15, 0.2) is 16.7 Å². The third kappa shape index (κ3) is 2.48. The molecule has 1 aromatic heterocycles. The predicted octanol–water partition coefficient (Wildman–Crippen LogP) is 3.35. The number of hydrogen-bond acceptors (Lipinski definition) is 4. The molecule has 0 bridgehead atoms. The summed E-state index contributed by atoms with van der Waals surface area (Å²) in [4.78, 5) is 14.4. The Kier molecular flexibility index (Phi) is 2.97. The zero-order valence-electron chi connectivity index (χ0n) is 9.80. The Labute approximate surface area is 113 Å². The van der Waals surface area contributed by atoms with Gasteiger partial charge in [-0.1, -0.05) is 0 Å². The van der Waals surface area contributed by atoms with Crippen molar-refractivity contribution in [2.24, 2.45) is 11.8 Å². The van der Waals surface area contributed by atoms with Crippen LogP contribution >= 0.6 is 15.9 Å². The summed E-state index contributed by atoms with van der Waals surface area (Å²) in [6, 6.07) is 2.00. The lowest BCUT2D eigenvalue weighted by Crippen LogP contribution is -2.25. The molecule has 1 aromatic rings. The van der Waals surface area contributed by atoms with E-state index >= 15 is 0 Å². The van der Waals surface area contributed by atoms with Crippen LogP contribution in [0, 0.1) is 22.0 Å². The van der Waals surface area contributed by atoms with Crippen LogP contribution in [-0.4, -0.2) is 15.9 Å². The first kappa shape index (κ1) is 11.9. The molecule has 2 fully saturated rings. The van der Waals surface area contributed by atoms with Crippen molar-refractivity contribution in [3.05, 3.63) is 26.9 Å². The van der Waals surface area contributed by atoms with Gasteiger partial charge in [-0.05, 0) is 53.4 Å². The van der Waals surface area contributed by atoms with Gasteiger partial charge in [0.2, 0.25) is 0 Å². The molecule has 1 N–H and O–H groups in total. The van der Waals surface area contributed by atoms with Gasteiger partial charge in [-0.25, -0.2) is 4.98 Å². The molecule has 0 amide bonds. The summed E-state index contributed by atoms with van der Waals surface area (Å²) in [5.41, 5.74) is 0.0156. The van der Waals surface area contributed by atoms with Gasteiger partial charge in [0.05, 0.1) is 9.40 Å². The third-order valence-corrected chi connectivity index (χ3v) is 4.21. The average Bonchev–Trinajstić information content (AvgIpc) is 3.19. The van der Waals surface area contributed by atoms with Gasteiger partial charge in [-0.2, -0.15) is 0 Å². The van der Waals surface area contributed by atoms with Crippen molar-refractivity contribution in [1.29, 1.82) is 0 Å². The molecule has 5 nitrogen and oxygen atoms in total. The fraction of sp³-hybridized carbons (Fsp3) is 0.583. The molecule has 6 heteroatoms. The number of nitrogens with zero attached hydrogens (tertiary/aromatic N) is 2. The van der Waals surface area contributed by atoms with Gasteiger partial charge < -0.3 is 5.32 Å². The topological polar surface area (TPSA) is 68.1 Å². The summed E-state index contributed by atoms with van der Waals surface area (Å²) in [7, 11) is 0. The molecular weight excluding hydrogens is 298 g/mol. The van der Waals surface area contributed by atoms with Gasteiger partial charge in [0.1, 0.15) is 12.0 Å². The second kappa shape index (κ2) is 4.50. The molecule has 0 saturated heterocycles. The molecule has 0 radical (unpaired) electrons. The molecule has 0 atom stereocenters. The Morgan fingerprint density at radius 1 is 1.39 bits per heavy atom. The number of pyridine rings is 1. The molecule has 0 aliphatic heterocycles. The van der Waals surface area contributed by atoms with E-state index in [1.165, 1.54) is 37.9 Å². The summed E-state index contributed by atoms with van der Waals surface area (Å²) in [5, 5.41) is 14.1. The quantitative estimate of drug-likeness (QED) is 0.669. The number of hydrogen-bond donors (Lipinski definition) is 1. The normalized spacial score (nSPS) is 19.0. The maximum absolute atomic E-state index is 10.6. The summed E-state index contributed by atoms with van der Waals surface area (Å²) < 4.78 is 0.669. The molecule has 0 spiro atoms. The highest BCUT2D eigenvalue weighted by molar-refractivity contribution is 9.10. The number of aromatic nitrogens is 1. The van der Waals surface area contributed by atoms with E-state index in [0.29, 0.717) is 10.5 Å². The van der Waals surface area contributed by atoms with Gasteiger partial charge in [-0.15, -0.1) is 0 Å². The monoisotopic (exact) mass is 311 g/mol. The molecule has 3 rings (SSSR count). The fourth-order valence-electron chi connectivity index (χ4n) is 2.32. The molecular formula is C12H14BrN3O2. The average molecular weight is 312 g/mol. The molecule has 2 aliphatic rings. The lowest BCUT2D eigenvalue weighted by atomic mass is 10.1. The van der Waals surface area contributed by atoms with Gasteiger partial charge in [-0.3, -0.25) is 10.1 Å². The predicted molar refractivity (Wildman–Crippen MR) is 71.5 cm³/mol. The summed E-state index contributed by atoms with van der Waals surface area (Å²) >= 11 is 3.35. The van der Waals surface area contributed by atoms with E-state index in [1.54, 1.807) is 0 Å². The molecule has 18 heavy (non-hydrogen) atoms. The minimum atomic E-state index is -0.430. The molecule has 1 heterocycles. The van der Waals surface area contributed by atoms with Crippen LogP contribution in [-0.2, 0) is 0 Å². The second-order valence-electron chi connectivity index (χ2n) is 5.13. The van der Waals surface area contributed by atoms with Crippen molar-refractivity contribution >= 4 is 27.4 Å². The first-order valence-corrected chi connectivity index (χ1v) is 7.01. The van der Waals surface area contributed by atoms with Crippen molar-refractivity contribution < 1.29 is 4.92 Å². The molecule has 0 aromatic carbocycles. The van der Waals surface area contributed by atoms with Crippen LogP contribution in [0.1, 0.15) is 25.7 Å². The number of rotatable bonds is 5. The first-order valence-electron chi connectivity index (χ1n) is 6.21. The van der Waals surface area contributed by atoms with Crippen molar-refractivity contribution in [2.75, 3.05) is 5.32 Å². The van der Waals surface area contributed by atoms with E-state index < -0.39 is 4.92 Å². The van der Waals surface area contributed by atoms with Crippen molar-refractivity contribution in [3.63, 3.8) is 0 Å². The van der Waals surface area contributed by atoms with Gasteiger partial charge in [0, 0.05) is 12.1 Å². The second-order valence-corrected chi connectivity index (χ2v) is 5.98. The Hall–Kier alpha value is -1.17. The largest absolute Gasteiger partial charge is 0.366 e. The van der Waals surface area contributed by atoms with E-state index in [9.17, 15) is 10.1 Å². The highest BCUT2D eigenvalue weighted by Gasteiger charge is 2.41. The molecule has 96 valence electrons. The first-order chi connectivity index (χ1) is 8.65. The van der Waals surface area contributed by atoms with Crippen LogP contribution in [0.3, 0.4) is 0 Å². The van der Waals surface area contributed by atoms with Crippen LogP contribution in [0.2, 0.25) is 0 Å². The Morgan fingerprint density at radius 2 is 2.00 bits per heavy atom. The number of nitro groups is 1. The summed E-state index contributed by atoms with van der Waals surface area (Å²) in [6.07, 6.45) is 6.47. The van der Waals surface area contributed by atoms with Gasteiger partial charge in [0.25, 0.3) is 5.69 Å². The van der Waals surface area contributed by atoms with Crippen LogP contribution in [0.4, 0.5) is 11.5 Å². The van der Waals surface area contributed by atoms with Crippen molar-refractivity contribution in [3.8, 4) is 0 Å². The number of nitrogens with one attached hydrogen (secondary N) is 1. The van der Waals surface area contributed by atoms with Crippen LogP contribution in [0.25, 0.3) is 0 Å². The maximum atomic E-state index is 10.6. The molecule has 0 unspecified atom stereocenters. The van der Waals surface area contributed by atoms with E-state index in [4.69, 9.17) is 0 Å². The standard InChI is InChI=1S/C12H14BrN3O2/c13-10-5-9(16(17)18)6-14-12(10)15-11(7-1-2-7)8-3-4-8/h5-8,11H,1-4H2,(H,14,15). The van der Waals surface area contributed by atoms with Crippen molar-refractivity contribution in [2.45, 2.75) is 31.7 Å². The highest BCUT2D eigenvalue weighted by atomic mass is 79.9. The zero-order valence-corrected chi connectivity index (χ0v) is 11.4. The van der Waals surface area contributed by atoms with E-state index in [-0.39, 0.29) is 5.69 Å². The maximum Gasteiger partial charge on any atom is 0.288 e. The Balaban J connectivity index is 1.77. The highest BCUT2D eigenvalue weighted by Crippen LogP contribution is 2.46. The zero-order chi connectivity index (χ0) is 12.7. The van der Waals surface area contributed by atoms with E-state index in [0.717, 1.165) is 17.7 Å². The third-order valence-electron chi connectivity index (χ3n) is 3.60. The minimum Gasteiger partial charge on any atom is -0.366 e. The van der Waals surface area contributed by atoms with Crippen molar-refractivity contribution in [1.82, 2.24) is 4.98 Å².